The molecule has 0 bridgehead atoms. The maximum Gasteiger partial charge on any atom is 0.140 e. The van der Waals surface area contributed by atoms with Crippen LogP contribution in [0.1, 0.15) is 40.5 Å². The van der Waals surface area contributed by atoms with Crippen molar-refractivity contribution in [3.63, 3.8) is 0 Å². The van der Waals surface area contributed by atoms with E-state index in [4.69, 9.17) is 15.7 Å². The highest BCUT2D eigenvalue weighted by molar-refractivity contribution is 5.80. The van der Waals surface area contributed by atoms with Crippen LogP contribution in [-0.4, -0.2) is 46.8 Å². The lowest BCUT2D eigenvalue weighted by Gasteiger charge is -2.45. The van der Waals surface area contributed by atoms with Gasteiger partial charge in [-0.1, -0.05) is 12.1 Å². The Morgan fingerprint density at radius 2 is 2.29 bits per heavy atom. The average molecular weight is 243 g/mol. The highest BCUT2D eigenvalue weighted by Crippen LogP contribution is 2.24. The van der Waals surface area contributed by atoms with Gasteiger partial charge in [0.15, 0.2) is 0 Å². The van der Waals surface area contributed by atoms with Crippen LogP contribution in [0.25, 0.3) is 0 Å². The molecular weight excluding hydrogens is 218 g/mol. The molecule has 0 saturated carbocycles. The van der Waals surface area contributed by atoms with Crippen LogP contribution in [0.5, 0.6) is 0 Å². The molecule has 1 fully saturated rings. The van der Waals surface area contributed by atoms with Crippen molar-refractivity contribution in [1.29, 1.82) is 0 Å². The molecule has 1 rings (SSSR count). The maximum atomic E-state index is 8.65. The molecule has 17 heavy (non-hydrogen) atoms. The summed E-state index contributed by atoms with van der Waals surface area (Å²) in [6, 6.07) is 0.316. The zero-order valence-corrected chi connectivity index (χ0v) is 11.3. The summed E-state index contributed by atoms with van der Waals surface area (Å²) in [5, 5.41) is 11.7. The third-order valence-corrected chi connectivity index (χ3v) is 3.16. The minimum Gasteiger partial charge on any atom is -0.409 e. The molecule has 5 nitrogen and oxygen atoms in total. The van der Waals surface area contributed by atoms with E-state index in [-0.39, 0.29) is 11.7 Å². The van der Waals surface area contributed by atoms with Gasteiger partial charge in [0.05, 0.1) is 11.7 Å². The zero-order valence-electron chi connectivity index (χ0n) is 11.3. The molecule has 0 amide bonds. The summed E-state index contributed by atoms with van der Waals surface area (Å²) in [7, 11) is 0. The second kappa shape index (κ2) is 5.69. The van der Waals surface area contributed by atoms with E-state index in [0.717, 1.165) is 19.5 Å². The van der Waals surface area contributed by atoms with Gasteiger partial charge in [0.25, 0.3) is 0 Å². The summed E-state index contributed by atoms with van der Waals surface area (Å²) in [5.74, 6) is 0.300. The second-order valence-electron chi connectivity index (χ2n) is 5.48. The van der Waals surface area contributed by atoms with E-state index in [2.05, 4.69) is 37.8 Å². The molecule has 100 valence electrons. The Bertz CT molecular complexity index is 279. The number of nitrogens with two attached hydrogens (primary N) is 1. The molecule has 0 aromatic rings. The van der Waals surface area contributed by atoms with E-state index in [0.29, 0.717) is 18.3 Å². The fourth-order valence-corrected chi connectivity index (χ4v) is 2.60. The van der Waals surface area contributed by atoms with Crippen LogP contribution in [0.15, 0.2) is 5.16 Å². The van der Waals surface area contributed by atoms with Crippen molar-refractivity contribution in [3.05, 3.63) is 0 Å². The lowest BCUT2D eigenvalue weighted by Crippen LogP contribution is -2.55. The van der Waals surface area contributed by atoms with E-state index >= 15 is 0 Å². The van der Waals surface area contributed by atoms with Crippen molar-refractivity contribution in [3.8, 4) is 0 Å². The maximum absolute atomic E-state index is 8.65. The van der Waals surface area contributed by atoms with Crippen LogP contribution in [0.4, 0.5) is 0 Å². The lowest BCUT2D eigenvalue weighted by molar-refractivity contribution is -0.137. The van der Waals surface area contributed by atoms with E-state index < -0.39 is 0 Å². The van der Waals surface area contributed by atoms with Gasteiger partial charge in [0.2, 0.25) is 0 Å². The zero-order chi connectivity index (χ0) is 13.1. The van der Waals surface area contributed by atoms with Crippen LogP contribution in [0, 0.1) is 0 Å². The molecule has 5 heteroatoms. The van der Waals surface area contributed by atoms with Gasteiger partial charge in [0.1, 0.15) is 5.84 Å². The molecular formula is C12H25N3O2. The van der Waals surface area contributed by atoms with Crippen molar-refractivity contribution >= 4 is 5.84 Å². The first-order valence-electron chi connectivity index (χ1n) is 6.26. The quantitative estimate of drug-likeness (QED) is 0.339. The fourth-order valence-electron chi connectivity index (χ4n) is 2.60. The predicted molar refractivity (Wildman–Crippen MR) is 68.3 cm³/mol. The highest BCUT2D eigenvalue weighted by atomic mass is 16.5. The standard InChI is InChI=1S/C12H25N3O2/c1-5-10(6-11(13)14-16)15-7-9(2)17-12(3,4)8-15/h9-10,16H,5-8H2,1-4H3,(H2,13,14). The Morgan fingerprint density at radius 3 is 2.76 bits per heavy atom. The number of morpholine rings is 1. The van der Waals surface area contributed by atoms with Gasteiger partial charge in [-0.2, -0.15) is 0 Å². The van der Waals surface area contributed by atoms with Crippen LogP contribution in [0.3, 0.4) is 0 Å². The summed E-state index contributed by atoms with van der Waals surface area (Å²) in [6.07, 6.45) is 1.81. The first-order chi connectivity index (χ1) is 7.88. The summed E-state index contributed by atoms with van der Waals surface area (Å²) in [6.45, 7) is 10.2. The molecule has 2 unspecified atom stereocenters. The summed E-state index contributed by atoms with van der Waals surface area (Å²) in [4.78, 5) is 2.38. The molecule has 1 aliphatic heterocycles. The van der Waals surface area contributed by atoms with Crippen LogP contribution in [0.2, 0.25) is 0 Å². The number of oxime groups is 1. The molecule has 1 aliphatic rings. The average Bonchev–Trinajstić information content (AvgIpc) is 2.22. The number of amidine groups is 1. The van der Waals surface area contributed by atoms with Crippen molar-refractivity contribution in [1.82, 2.24) is 4.90 Å². The molecule has 1 saturated heterocycles. The molecule has 0 aromatic heterocycles. The second-order valence-corrected chi connectivity index (χ2v) is 5.48. The molecule has 1 heterocycles. The lowest BCUT2D eigenvalue weighted by atomic mass is 10.0. The Balaban J connectivity index is 2.68. The van der Waals surface area contributed by atoms with Crippen LogP contribution >= 0.6 is 0 Å². The van der Waals surface area contributed by atoms with E-state index in [1.807, 2.05) is 0 Å². The fraction of sp³-hybridized carbons (Fsp3) is 0.917. The number of ether oxygens (including phenoxy) is 1. The van der Waals surface area contributed by atoms with Gasteiger partial charge in [-0.3, -0.25) is 4.90 Å². The third kappa shape index (κ3) is 4.16. The molecule has 0 aromatic carbocycles. The SMILES string of the molecule is CCC(CC(N)=NO)N1CC(C)OC(C)(C)C1. The molecule has 0 spiro atoms. The smallest absolute Gasteiger partial charge is 0.140 e. The monoisotopic (exact) mass is 243 g/mol. The topological polar surface area (TPSA) is 71.1 Å². The largest absolute Gasteiger partial charge is 0.409 e. The van der Waals surface area contributed by atoms with Crippen LogP contribution in [-0.2, 0) is 4.74 Å². The van der Waals surface area contributed by atoms with Crippen LogP contribution < -0.4 is 5.73 Å². The van der Waals surface area contributed by atoms with Crippen molar-refractivity contribution in [2.45, 2.75) is 58.3 Å². The van der Waals surface area contributed by atoms with Gasteiger partial charge in [0, 0.05) is 25.6 Å². The van der Waals surface area contributed by atoms with Gasteiger partial charge < -0.3 is 15.7 Å². The molecule has 3 N–H and O–H groups in total. The molecule has 2 atom stereocenters. The Labute approximate surface area is 104 Å². The van der Waals surface area contributed by atoms with E-state index in [1.165, 1.54) is 0 Å². The Morgan fingerprint density at radius 1 is 1.65 bits per heavy atom. The minimum atomic E-state index is -0.129. The van der Waals surface area contributed by atoms with Crippen molar-refractivity contribution in [2.75, 3.05) is 13.1 Å². The number of rotatable bonds is 4. The first-order valence-corrected chi connectivity index (χ1v) is 6.26. The van der Waals surface area contributed by atoms with Crippen molar-refractivity contribution in [2.24, 2.45) is 10.9 Å². The van der Waals surface area contributed by atoms with E-state index in [1.54, 1.807) is 0 Å². The van der Waals surface area contributed by atoms with Gasteiger partial charge in [-0.15, -0.1) is 0 Å². The Kier molecular flexibility index (Phi) is 4.77. The Hall–Kier alpha value is -0.810. The van der Waals surface area contributed by atoms with E-state index in [9.17, 15) is 0 Å². The minimum absolute atomic E-state index is 0.129. The third-order valence-electron chi connectivity index (χ3n) is 3.16. The summed E-state index contributed by atoms with van der Waals surface area (Å²) in [5.41, 5.74) is 5.47. The normalized spacial score (nSPS) is 28.0. The molecule has 0 aliphatic carbocycles. The number of hydrogen-bond donors (Lipinski definition) is 2. The van der Waals surface area contributed by atoms with Gasteiger partial charge in [-0.05, 0) is 27.2 Å². The highest BCUT2D eigenvalue weighted by Gasteiger charge is 2.34. The van der Waals surface area contributed by atoms with Gasteiger partial charge in [-0.25, -0.2) is 0 Å². The molecule has 0 radical (unpaired) electrons. The summed E-state index contributed by atoms with van der Waals surface area (Å²) < 4.78 is 5.88. The van der Waals surface area contributed by atoms with Gasteiger partial charge >= 0.3 is 0 Å². The predicted octanol–water partition coefficient (Wildman–Crippen LogP) is 1.40. The summed E-state index contributed by atoms with van der Waals surface area (Å²) >= 11 is 0. The number of hydrogen-bond acceptors (Lipinski definition) is 4. The first kappa shape index (κ1) is 14.3. The van der Waals surface area contributed by atoms with Crippen molar-refractivity contribution < 1.29 is 9.94 Å². The number of nitrogens with zero attached hydrogens (tertiary/aromatic N) is 2.